The maximum atomic E-state index is 11.2. The first-order valence-corrected chi connectivity index (χ1v) is 6.10. The maximum absolute atomic E-state index is 11.2. The Morgan fingerprint density at radius 2 is 1.75 bits per heavy atom. The number of carbonyl (C=O) groups excluding carboxylic acids is 2. The highest BCUT2D eigenvalue weighted by Crippen LogP contribution is 2.02. The van der Waals surface area contributed by atoms with Crippen molar-refractivity contribution in [2.24, 2.45) is 5.73 Å². The molecule has 16 heavy (non-hydrogen) atoms. The van der Waals surface area contributed by atoms with Gasteiger partial charge in [-0.1, -0.05) is 39.5 Å². The Morgan fingerprint density at radius 1 is 1.12 bits per heavy atom. The molecule has 0 aliphatic heterocycles. The molecule has 0 aromatic rings. The minimum absolute atomic E-state index is 0.324. The van der Waals surface area contributed by atoms with E-state index in [-0.39, 0.29) is 0 Å². The van der Waals surface area contributed by atoms with Crippen molar-refractivity contribution in [1.82, 2.24) is 0 Å². The number of hydrogen-bond donors (Lipinski definition) is 1. The average molecular weight is 229 g/mol. The molecule has 0 bridgehead atoms. The monoisotopic (exact) mass is 229 g/mol. The van der Waals surface area contributed by atoms with Gasteiger partial charge in [0.15, 0.2) is 0 Å². The van der Waals surface area contributed by atoms with Crippen molar-refractivity contribution in [2.75, 3.05) is 6.61 Å². The molecule has 4 nitrogen and oxygen atoms in total. The van der Waals surface area contributed by atoms with Crippen LogP contribution in [0.1, 0.15) is 52.4 Å². The maximum Gasteiger partial charge on any atom is 0.376 e. The number of ketones is 1. The number of unbranched alkanes of at least 4 members (excludes halogenated alkanes) is 4. The number of hydrogen-bond acceptors (Lipinski definition) is 4. The van der Waals surface area contributed by atoms with Crippen LogP contribution in [0.3, 0.4) is 0 Å². The third-order valence-electron chi connectivity index (χ3n) is 2.46. The number of esters is 1. The first-order chi connectivity index (χ1) is 7.63. The van der Waals surface area contributed by atoms with Crippen molar-refractivity contribution in [3.63, 3.8) is 0 Å². The topological polar surface area (TPSA) is 69.4 Å². The van der Waals surface area contributed by atoms with Crippen LogP contribution in [0.15, 0.2) is 0 Å². The quantitative estimate of drug-likeness (QED) is 0.372. The summed E-state index contributed by atoms with van der Waals surface area (Å²) >= 11 is 0. The zero-order valence-corrected chi connectivity index (χ0v) is 10.3. The number of carbonyl (C=O) groups is 2. The molecule has 0 saturated heterocycles. The summed E-state index contributed by atoms with van der Waals surface area (Å²) in [6, 6.07) is -0.715. The smallest absolute Gasteiger partial charge is 0.376 e. The molecule has 0 spiro atoms. The van der Waals surface area contributed by atoms with Gasteiger partial charge < -0.3 is 10.5 Å². The number of rotatable bonds is 9. The molecule has 0 heterocycles. The minimum Gasteiger partial charge on any atom is -0.460 e. The summed E-state index contributed by atoms with van der Waals surface area (Å²) in [4.78, 5) is 22.4. The van der Waals surface area contributed by atoms with E-state index < -0.39 is 17.8 Å². The molecule has 0 fully saturated rings. The molecule has 0 aromatic heterocycles. The van der Waals surface area contributed by atoms with Gasteiger partial charge >= 0.3 is 5.97 Å². The van der Waals surface area contributed by atoms with Crippen molar-refractivity contribution < 1.29 is 14.3 Å². The van der Waals surface area contributed by atoms with E-state index in [4.69, 9.17) is 10.5 Å². The first-order valence-electron chi connectivity index (χ1n) is 6.10. The van der Waals surface area contributed by atoms with Crippen LogP contribution < -0.4 is 5.73 Å². The Kier molecular flexibility index (Phi) is 8.81. The van der Waals surface area contributed by atoms with E-state index in [0.29, 0.717) is 13.0 Å². The molecule has 4 heteroatoms. The predicted molar refractivity (Wildman–Crippen MR) is 63.0 cm³/mol. The molecule has 0 radical (unpaired) electrons. The molecule has 2 N–H and O–H groups in total. The van der Waals surface area contributed by atoms with Crippen molar-refractivity contribution >= 4 is 11.8 Å². The Balaban J connectivity index is 3.54. The van der Waals surface area contributed by atoms with E-state index in [9.17, 15) is 9.59 Å². The Bertz CT molecular complexity index is 216. The molecule has 1 atom stereocenters. The normalized spacial score (nSPS) is 12.2. The Hall–Kier alpha value is -0.900. The lowest BCUT2D eigenvalue weighted by Crippen LogP contribution is -2.36. The van der Waals surface area contributed by atoms with Crippen molar-refractivity contribution in [3.8, 4) is 0 Å². The van der Waals surface area contributed by atoms with Crippen LogP contribution >= 0.6 is 0 Å². The van der Waals surface area contributed by atoms with E-state index in [1.807, 2.05) is 0 Å². The third kappa shape index (κ3) is 6.56. The second kappa shape index (κ2) is 9.33. The molecule has 1 unspecified atom stereocenters. The third-order valence-corrected chi connectivity index (χ3v) is 2.46. The minimum atomic E-state index is -0.787. The number of ether oxygens (including phenoxy) is 1. The van der Waals surface area contributed by atoms with Gasteiger partial charge in [0.2, 0.25) is 0 Å². The highest BCUT2D eigenvalue weighted by Gasteiger charge is 2.21. The fourth-order valence-corrected chi connectivity index (χ4v) is 1.28. The van der Waals surface area contributed by atoms with Gasteiger partial charge in [0, 0.05) is 0 Å². The van der Waals surface area contributed by atoms with E-state index in [1.54, 1.807) is 6.92 Å². The van der Waals surface area contributed by atoms with Gasteiger partial charge in [-0.3, -0.25) is 4.79 Å². The summed E-state index contributed by atoms with van der Waals surface area (Å²) in [7, 11) is 0. The molecule has 0 rings (SSSR count). The standard InChI is InChI=1S/C12H23NO3/c1-3-5-6-7-8-9-16-12(15)11(14)10(13)4-2/h10H,3-9,13H2,1-2H3. The van der Waals surface area contributed by atoms with E-state index in [0.717, 1.165) is 19.3 Å². The van der Waals surface area contributed by atoms with Gasteiger partial charge in [-0.2, -0.15) is 0 Å². The highest BCUT2D eigenvalue weighted by molar-refractivity contribution is 6.35. The molecular formula is C12H23NO3. The van der Waals surface area contributed by atoms with E-state index in [2.05, 4.69) is 6.92 Å². The largest absolute Gasteiger partial charge is 0.460 e. The highest BCUT2D eigenvalue weighted by atomic mass is 16.5. The van der Waals surface area contributed by atoms with Gasteiger partial charge in [0.25, 0.3) is 5.78 Å². The Labute approximate surface area is 97.5 Å². The van der Waals surface area contributed by atoms with Crippen LogP contribution in [0, 0.1) is 0 Å². The predicted octanol–water partition coefficient (Wildman–Crippen LogP) is 1.81. The zero-order chi connectivity index (χ0) is 12.4. The van der Waals surface area contributed by atoms with Crippen molar-refractivity contribution in [1.29, 1.82) is 0 Å². The molecule has 0 aromatic carbocycles. The molecule has 94 valence electrons. The molecular weight excluding hydrogens is 206 g/mol. The molecule has 0 aliphatic rings. The lowest BCUT2D eigenvalue weighted by atomic mass is 10.1. The van der Waals surface area contributed by atoms with Crippen LogP contribution in [0.5, 0.6) is 0 Å². The number of nitrogens with two attached hydrogens (primary N) is 1. The average Bonchev–Trinajstić information content (AvgIpc) is 2.31. The molecule has 0 aliphatic carbocycles. The van der Waals surface area contributed by atoms with Crippen LogP contribution in [0.4, 0.5) is 0 Å². The van der Waals surface area contributed by atoms with Gasteiger partial charge in [-0.15, -0.1) is 0 Å². The van der Waals surface area contributed by atoms with Crippen LogP contribution in [0.2, 0.25) is 0 Å². The van der Waals surface area contributed by atoms with Crippen molar-refractivity contribution in [3.05, 3.63) is 0 Å². The van der Waals surface area contributed by atoms with Crippen LogP contribution in [0.25, 0.3) is 0 Å². The second-order valence-electron chi connectivity index (χ2n) is 3.93. The van der Waals surface area contributed by atoms with Gasteiger partial charge in [0.05, 0.1) is 12.6 Å². The SMILES string of the molecule is CCCCCCCOC(=O)C(=O)C(N)CC. The van der Waals surface area contributed by atoms with Gasteiger partial charge in [0.1, 0.15) is 0 Å². The van der Waals surface area contributed by atoms with Crippen LogP contribution in [-0.2, 0) is 14.3 Å². The van der Waals surface area contributed by atoms with E-state index in [1.165, 1.54) is 12.8 Å². The van der Waals surface area contributed by atoms with Gasteiger partial charge in [-0.25, -0.2) is 4.79 Å². The summed E-state index contributed by atoms with van der Waals surface area (Å²) in [5, 5.41) is 0. The Morgan fingerprint density at radius 3 is 2.31 bits per heavy atom. The lowest BCUT2D eigenvalue weighted by molar-refractivity contribution is -0.154. The fourth-order valence-electron chi connectivity index (χ4n) is 1.28. The summed E-state index contributed by atoms with van der Waals surface area (Å²) in [6.45, 7) is 4.23. The first kappa shape index (κ1) is 15.1. The van der Waals surface area contributed by atoms with Gasteiger partial charge in [-0.05, 0) is 12.8 Å². The fraction of sp³-hybridized carbons (Fsp3) is 0.833. The second-order valence-corrected chi connectivity index (χ2v) is 3.93. The van der Waals surface area contributed by atoms with Crippen molar-refractivity contribution in [2.45, 2.75) is 58.4 Å². The number of Topliss-reactive ketones (excluding diaryl/α,β-unsaturated/α-hetero) is 1. The summed E-state index contributed by atoms with van der Waals surface area (Å²) in [5.41, 5.74) is 5.44. The summed E-state index contributed by atoms with van der Waals surface area (Å²) in [6.07, 6.45) is 5.85. The molecule has 0 amide bonds. The summed E-state index contributed by atoms with van der Waals surface area (Å²) in [5.74, 6) is -1.40. The zero-order valence-electron chi connectivity index (χ0n) is 10.3. The summed E-state index contributed by atoms with van der Waals surface area (Å²) < 4.78 is 4.84. The molecule has 0 saturated carbocycles. The van der Waals surface area contributed by atoms with Crippen LogP contribution in [-0.4, -0.2) is 24.4 Å². The van der Waals surface area contributed by atoms with E-state index >= 15 is 0 Å². The lowest BCUT2D eigenvalue weighted by Gasteiger charge is -2.07.